The second kappa shape index (κ2) is 1.06. The first-order chi connectivity index (χ1) is 2.00. The van der Waals surface area contributed by atoms with Crippen molar-refractivity contribution in [1.82, 2.24) is 0 Å². The molecule has 5 heavy (non-hydrogen) atoms. The Hall–Kier alpha value is 0.110. The first-order valence-electron chi connectivity index (χ1n) is 0.783. The van der Waals surface area contributed by atoms with Crippen LogP contribution in [0.15, 0.2) is 0 Å². The molecule has 32 valence electrons. The molecule has 0 radical (unpaired) electrons. The third-order valence-electron chi connectivity index (χ3n) is 0. The van der Waals surface area contributed by atoms with Gasteiger partial charge in [-0.3, -0.25) is 0 Å². The molecule has 0 spiro atoms. The first kappa shape index (κ1) is 5.11. The van der Waals surface area contributed by atoms with Gasteiger partial charge in [0.15, 0.2) is 0 Å². The molecule has 0 saturated heterocycles. The molecule has 0 aromatic rings. The minimum atomic E-state index is -4.64. The summed E-state index contributed by atoms with van der Waals surface area (Å²) in [5, 5.41) is 0. The van der Waals surface area contributed by atoms with Gasteiger partial charge in [-0.25, -0.2) is 4.57 Å². The second-order valence-corrected chi connectivity index (χ2v) is 1.54. The minimum Gasteiger partial charge on any atom is -0.303 e. The van der Waals surface area contributed by atoms with Crippen molar-refractivity contribution in [2.24, 2.45) is 0 Å². The maximum atomic E-state index is 8.88. The van der Waals surface area contributed by atoms with Crippen LogP contribution >= 0.6 is 7.82 Å². The van der Waals surface area contributed by atoms with Crippen molar-refractivity contribution in [2.45, 2.75) is 0 Å². The highest BCUT2D eigenvalue weighted by molar-refractivity contribution is 7.45. The highest BCUT2D eigenvalue weighted by atomic mass is 31.2. The molecule has 5 heteroatoms. The smallest absolute Gasteiger partial charge is 0.303 e. The van der Waals surface area contributed by atoms with Crippen LogP contribution in [0.1, 0.15) is 5.71 Å². The lowest BCUT2D eigenvalue weighted by atomic mass is 15.8. The van der Waals surface area contributed by atoms with Gasteiger partial charge >= 0.3 is 13.5 Å². The molecule has 0 aliphatic heterocycles. The van der Waals surface area contributed by atoms with E-state index in [0.717, 1.165) is 0 Å². The SMILES string of the molecule is O=P(O)(O)O.[H+].[H+].[H+].[H+]. The van der Waals surface area contributed by atoms with E-state index in [1.54, 1.807) is 0 Å². The van der Waals surface area contributed by atoms with E-state index in [-0.39, 0.29) is 5.71 Å². The Morgan fingerprint density at radius 2 is 1.40 bits per heavy atom. The van der Waals surface area contributed by atoms with E-state index in [1.807, 2.05) is 0 Å². The summed E-state index contributed by atoms with van der Waals surface area (Å²) in [5.41, 5.74) is 0. The molecule has 0 aromatic heterocycles. The normalized spacial score (nSPS) is 11.8. The fraction of sp³-hybridized carbons (Fsp3) is 0. The Morgan fingerprint density at radius 3 is 1.40 bits per heavy atom. The van der Waals surface area contributed by atoms with Crippen LogP contribution in [0.3, 0.4) is 0 Å². The van der Waals surface area contributed by atoms with E-state index in [0.29, 0.717) is 0 Å². The van der Waals surface area contributed by atoms with Crippen LogP contribution in [-0.4, -0.2) is 14.7 Å². The second-order valence-electron chi connectivity index (χ2n) is 0.513. The highest BCUT2D eigenvalue weighted by Crippen LogP contribution is 2.25. The average Bonchev–Trinajstić information content (AvgIpc) is 0.722. The summed E-state index contributed by atoms with van der Waals surface area (Å²) in [6.45, 7) is 0. The topological polar surface area (TPSA) is 77.8 Å². The van der Waals surface area contributed by atoms with Gasteiger partial charge in [-0.1, -0.05) is 0 Å². The predicted octanol–water partition coefficient (Wildman–Crippen LogP) is -0.479. The maximum Gasteiger partial charge on any atom is 1.00 e. The largest absolute Gasteiger partial charge is 1.00 e. The lowest BCUT2D eigenvalue weighted by Gasteiger charge is -1.82. The van der Waals surface area contributed by atoms with Gasteiger partial charge in [0.05, 0.1) is 0 Å². The van der Waals surface area contributed by atoms with Gasteiger partial charge < -0.3 is 14.7 Å². The molecule has 0 fully saturated rings. The summed E-state index contributed by atoms with van der Waals surface area (Å²) in [6, 6.07) is 0. The van der Waals surface area contributed by atoms with Crippen molar-refractivity contribution in [2.75, 3.05) is 0 Å². The molecule has 4 nitrogen and oxygen atoms in total. The van der Waals surface area contributed by atoms with Gasteiger partial charge in [0.25, 0.3) is 0 Å². The van der Waals surface area contributed by atoms with Crippen LogP contribution in [0.25, 0.3) is 0 Å². The highest BCUT2D eigenvalue weighted by Gasteiger charge is 2.00. The minimum absolute atomic E-state index is 0. The van der Waals surface area contributed by atoms with Crippen LogP contribution in [-0.2, 0) is 4.57 Å². The van der Waals surface area contributed by atoms with Crippen LogP contribution < -0.4 is 0 Å². The number of hydrogen-bond donors (Lipinski definition) is 3. The van der Waals surface area contributed by atoms with Crippen molar-refractivity contribution >= 4 is 7.82 Å². The zero-order valence-corrected chi connectivity index (χ0v) is 3.09. The third kappa shape index (κ3) is 1510. The monoisotopic (exact) mass is 102 g/mol. The fourth-order valence-corrected chi connectivity index (χ4v) is 0. The molecule has 0 rings (SSSR count). The van der Waals surface area contributed by atoms with E-state index in [1.165, 1.54) is 0 Å². The van der Waals surface area contributed by atoms with Crippen LogP contribution in [0.5, 0.6) is 0 Å². The Kier molecular flexibility index (Phi) is 1.09. The van der Waals surface area contributed by atoms with Gasteiger partial charge in [-0.2, -0.15) is 0 Å². The zero-order valence-electron chi connectivity index (χ0n) is 6.20. The van der Waals surface area contributed by atoms with Gasteiger partial charge in [-0.15, -0.1) is 0 Å². The predicted molar refractivity (Wildman–Crippen MR) is 18.7 cm³/mol. The fourth-order valence-electron chi connectivity index (χ4n) is 0. The van der Waals surface area contributed by atoms with E-state index in [2.05, 4.69) is 0 Å². The Bertz CT molecular complexity index is 58.7. The maximum absolute atomic E-state index is 8.88. The Morgan fingerprint density at radius 1 is 1.40 bits per heavy atom. The molecule has 0 amide bonds. The van der Waals surface area contributed by atoms with Gasteiger partial charge in [0.1, 0.15) is 0 Å². The summed E-state index contributed by atoms with van der Waals surface area (Å²) >= 11 is 0. The molecular weight excluding hydrogens is 95.0 g/mol. The molecule has 3 N–H and O–H groups in total. The van der Waals surface area contributed by atoms with E-state index < -0.39 is 7.82 Å². The molecule has 0 atom stereocenters. The summed E-state index contributed by atoms with van der Waals surface area (Å²) in [5.74, 6) is 0. The molecule has 0 aliphatic carbocycles. The summed E-state index contributed by atoms with van der Waals surface area (Å²) in [6.07, 6.45) is 0. The standard InChI is InChI=1S/H3O4P/c1-5(2,3)4/h(H3,1,2,3,4)/p+4. The van der Waals surface area contributed by atoms with E-state index >= 15 is 0 Å². The van der Waals surface area contributed by atoms with Gasteiger partial charge in [0.2, 0.25) is 0 Å². The van der Waals surface area contributed by atoms with Crippen molar-refractivity contribution in [3.8, 4) is 0 Å². The number of rotatable bonds is 0. The van der Waals surface area contributed by atoms with Crippen LogP contribution in [0.2, 0.25) is 0 Å². The average molecular weight is 102 g/mol. The van der Waals surface area contributed by atoms with E-state index in [9.17, 15) is 0 Å². The molecule has 0 saturated carbocycles. The molecular formula is H7O4P+4. The van der Waals surface area contributed by atoms with Crippen LogP contribution in [0, 0.1) is 0 Å². The van der Waals surface area contributed by atoms with Crippen molar-refractivity contribution < 1.29 is 25.0 Å². The molecule has 0 bridgehead atoms. The summed E-state index contributed by atoms with van der Waals surface area (Å²) in [7, 11) is -4.64. The van der Waals surface area contributed by atoms with Crippen LogP contribution in [0.4, 0.5) is 0 Å². The Labute approximate surface area is 34.2 Å². The van der Waals surface area contributed by atoms with Crippen molar-refractivity contribution in [1.29, 1.82) is 0 Å². The zero-order chi connectivity index (χ0) is 4.50. The summed E-state index contributed by atoms with van der Waals surface area (Å²) < 4.78 is 8.88. The lowest BCUT2D eigenvalue weighted by molar-refractivity contribution is 0.275. The van der Waals surface area contributed by atoms with Crippen molar-refractivity contribution in [3.05, 3.63) is 0 Å². The molecule has 0 unspecified atom stereocenters. The summed E-state index contributed by atoms with van der Waals surface area (Å²) in [4.78, 5) is 21.6. The quantitative estimate of drug-likeness (QED) is 0.361. The van der Waals surface area contributed by atoms with Gasteiger partial charge in [-0.05, 0) is 0 Å². The Balaban J connectivity index is -0.0000000133. The lowest BCUT2D eigenvalue weighted by Crippen LogP contribution is -1.66. The molecule has 0 aromatic carbocycles. The molecule has 0 aliphatic rings. The van der Waals surface area contributed by atoms with Crippen molar-refractivity contribution in [3.63, 3.8) is 0 Å². The van der Waals surface area contributed by atoms with E-state index in [4.69, 9.17) is 19.2 Å². The number of hydrogen-bond acceptors (Lipinski definition) is 1. The first-order valence-corrected chi connectivity index (χ1v) is 2.35. The van der Waals surface area contributed by atoms with Gasteiger partial charge in [0, 0.05) is 0 Å². The molecule has 0 heterocycles. The third-order valence-corrected chi connectivity index (χ3v) is 0. The number of phosphoric acid groups is 1.